The number of methoxy groups -OCH3 is 1. The molecule has 4 aromatic rings. The van der Waals surface area contributed by atoms with Gasteiger partial charge in [-0.25, -0.2) is 4.98 Å². The number of phenols is 1. The lowest BCUT2D eigenvalue weighted by Crippen LogP contribution is -2.42. The summed E-state index contributed by atoms with van der Waals surface area (Å²) >= 11 is 0. The van der Waals surface area contributed by atoms with Gasteiger partial charge in [0.2, 0.25) is 0 Å². The highest BCUT2D eigenvalue weighted by molar-refractivity contribution is 5.74. The van der Waals surface area contributed by atoms with E-state index in [2.05, 4.69) is 34.4 Å². The molecule has 0 spiro atoms. The van der Waals surface area contributed by atoms with E-state index in [1.807, 2.05) is 48.5 Å². The number of aromatic amines is 1. The predicted octanol–water partition coefficient (Wildman–Crippen LogP) is 4.92. The molecule has 35 heavy (non-hydrogen) atoms. The Kier molecular flexibility index (Phi) is 7.58. The van der Waals surface area contributed by atoms with Crippen molar-refractivity contribution in [1.29, 1.82) is 0 Å². The van der Waals surface area contributed by atoms with E-state index in [0.29, 0.717) is 18.8 Å². The van der Waals surface area contributed by atoms with Crippen LogP contribution in [-0.4, -0.2) is 39.4 Å². The van der Waals surface area contributed by atoms with E-state index in [-0.39, 0.29) is 11.3 Å². The third kappa shape index (κ3) is 6.53. The molecule has 0 amide bonds. The van der Waals surface area contributed by atoms with Gasteiger partial charge in [0.1, 0.15) is 17.3 Å². The number of para-hydroxylation sites is 2. The summed E-state index contributed by atoms with van der Waals surface area (Å²) in [7, 11) is 1.64. The van der Waals surface area contributed by atoms with Crippen LogP contribution in [0.3, 0.4) is 0 Å². The van der Waals surface area contributed by atoms with Gasteiger partial charge < -0.3 is 30.6 Å². The third-order valence-electron chi connectivity index (χ3n) is 6.25. The molecule has 0 fully saturated rings. The van der Waals surface area contributed by atoms with Crippen LogP contribution in [-0.2, 0) is 13.0 Å². The summed E-state index contributed by atoms with van der Waals surface area (Å²) in [6.07, 6.45) is 0.968. The van der Waals surface area contributed by atoms with Crippen LogP contribution >= 0.6 is 0 Å². The molecule has 0 aliphatic heterocycles. The highest BCUT2D eigenvalue weighted by Gasteiger charge is 2.20. The second kappa shape index (κ2) is 10.8. The molecule has 1 atom stereocenters. The molecule has 0 aliphatic carbocycles. The van der Waals surface area contributed by atoms with Gasteiger partial charge in [0.05, 0.1) is 29.9 Å². The number of ether oxygens (including phenoxy) is 1. The van der Waals surface area contributed by atoms with Crippen LogP contribution in [0.5, 0.6) is 11.5 Å². The molecule has 184 valence electrons. The summed E-state index contributed by atoms with van der Waals surface area (Å²) in [5.41, 5.74) is 4.22. The molecule has 0 saturated carbocycles. The maximum Gasteiger partial charge on any atom is 0.138 e. The Labute approximate surface area is 206 Å². The number of benzene rings is 3. The minimum absolute atomic E-state index is 0.147. The number of aryl methyl sites for hydroxylation is 1. The summed E-state index contributed by atoms with van der Waals surface area (Å²) in [5.74, 6) is 1.91. The van der Waals surface area contributed by atoms with E-state index < -0.39 is 6.10 Å². The number of hydrogen-bond donors (Lipinski definition) is 5. The number of aliphatic hydroxyl groups excluding tert-OH is 1. The van der Waals surface area contributed by atoms with Crippen LogP contribution < -0.4 is 15.4 Å². The fraction of sp³-hybridized carbons (Fsp3) is 0.321. The molecule has 0 saturated heterocycles. The second-order valence-electron chi connectivity index (χ2n) is 9.46. The number of aromatic nitrogens is 2. The fourth-order valence-corrected chi connectivity index (χ4v) is 3.98. The van der Waals surface area contributed by atoms with Gasteiger partial charge >= 0.3 is 0 Å². The Balaban J connectivity index is 1.31. The Morgan fingerprint density at radius 3 is 2.57 bits per heavy atom. The summed E-state index contributed by atoms with van der Waals surface area (Å²) in [4.78, 5) is 8.03. The molecule has 7 nitrogen and oxygen atoms in total. The van der Waals surface area contributed by atoms with Crippen molar-refractivity contribution in [2.24, 2.45) is 0 Å². The molecular formula is C28H34N4O3. The third-order valence-corrected chi connectivity index (χ3v) is 6.25. The van der Waals surface area contributed by atoms with Crippen LogP contribution in [0.25, 0.3) is 11.0 Å². The number of rotatable bonds is 11. The summed E-state index contributed by atoms with van der Waals surface area (Å²) in [5, 5.41) is 27.8. The Hall–Kier alpha value is -3.55. The van der Waals surface area contributed by atoms with E-state index in [0.717, 1.165) is 46.6 Å². The molecule has 3 aromatic carbocycles. The summed E-state index contributed by atoms with van der Waals surface area (Å²) in [6, 6.07) is 20.9. The van der Waals surface area contributed by atoms with Crippen LogP contribution in [0, 0.1) is 0 Å². The van der Waals surface area contributed by atoms with Gasteiger partial charge in [-0.15, -0.1) is 0 Å². The quantitative estimate of drug-likeness (QED) is 0.198. The fourth-order valence-electron chi connectivity index (χ4n) is 3.98. The maximum absolute atomic E-state index is 10.8. The number of H-pyrrole nitrogens is 1. The van der Waals surface area contributed by atoms with E-state index in [1.54, 1.807) is 25.3 Å². The van der Waals surface area contributed by atoms with Gasteiger partial charge in [0.15, 0.2) is 0 Å². The molecule has 1 heterocycles. The maximum atomic E-state index is 10.8. The highest BCUT2D eigenvalue weighted by Crippen LogP contribution is 2.28. The number of anilines is 1. The average molecular weight is 475 g/mol. The van der Waals surface area contributed by atoms with Crippen LogP contribution in [0.1, 0.15) is 43.3 Å². The molecule has 7 heteroatoms. The molecule has 1 unspecified atom stereocenters. The summed E-state index contributed by atoms with van der Waals surface area (Å²) in [6.45, 7) is 5.20. The predicted molar refractivity (Wildman–Crippen MR) is 140 cm³/mol. The molecule has 1 aromatic heterocycles. The monoisotopic (exact) mass is 474 g/mol. The lowest BCUT2D eigenvalue weighted by atomic mass is 9.97. The standard InChI is InChI=1S/C28H34N4O3/c1-28(2,15-14-27-31-22-6-4-5-7-23(22)32-27)30-18-26(34)20-10-13-25(33)24(16-20)29-17-19-8-11-21(35-3)12-9-19/h4-13,16,26,29-30,33-34H,14-15,17-18H2,1-3H3,(H,31,32). The van der Waals surface area contributed by atoms with E-state index in [1.165, 1.54) is 0 Å². The van der Waals surface area contributed by atoms with Gasteiger partial charge in [-0.05, 0) is 67.8 Å². The zero-order valence-electron chi connectivity index (χ0n) is 20.5. The van der Waals surface area contributed by atoms with Crippen molar-refractivity contribution in [3.05, 3.63) is 83.7 Å². The minimum Gasteiger partial charge on any atom is -0.506 e. The lowest BCUT2D eigenvalue weighted by Gasteiger charge is -2.28. The molecule has 5 N–H and O–H groups in total. The summed E-state index contributed by atoms with van der Waals surface area (Å²) < 4.78 is 5.19. The van der Waals surface area contributed by atoms with Crippen LogP contribution in [0.2, 0.25) is 0 Å². The van der Waals surface area contributed by atoms with Crippen molar-refractivity contribution in [3.8, 4) is 11.5 Å². The largest absolute Gasteiger partial charge is 0.506 e. The van der Waals surface area contributed by atoms with Gasteiger partial charge in [-0.2, -0.15) is 0 Å². The van der Waals surface area contributed by atoms with E-state index in [4.69, 9.17) is 4.74 Å². The zero-order valence-corrected chi connectivity index (χ0v) is 20.5. The van der Waals surface area contributed by atoms with Crippen LogP contribution in [0.15, 0.2) is 66.7 Å². The lowest BCUT2D eigenvalue weighted by molar-refractivity contribution is 0.159. The molecule has 0 radical (unpaired) electrons. The smallest absolute Gasteiger partial charge is 0.138 e. The number of phenolic OH excluding ortho intramolecular Hbond substituents is 1. The van der Waals surface area contributed by atoms with Crippen molar-refractivity contribution in [3.63, 3.8) is 0 Å². The number of aromatic hydroxyl groups is 1. The van der Waals surface area contributed by atoms with Crippen molar-refractivity contribution >= 4 is 16.7 Å². The van der Waals surface area contributed by atoms with Crippen molar-refractivity contribution in [2.45, 2.75) is 44.9 Å². The van der Waals surface area contributed by atoms with E-state index in [9.17, 15) is 10.2 Å². The van der Waals surface area contributed by atoms with Gasteiger partial charge in [0.25, 0.3) is 0 Å². The molecular weight excluding hydrogens is 440 g/mol. The number of nitrogens with one attached hydrogen (secondary N) is 3. The van der Waals surface area contributed by atoms with Crippen molar-refractivity contribution < 1.29 is 14.9 Å². The first-order valence-corrected chi connectivity index (χ1v) is 11.9. The first kappa shape index (κ1) is 24.6. The number of aliphatic hydroxyl groups is 1. The molecule has 0 bridgehead atoms. The second-order valence-corrected chi connectivity index (χ2v) is 9.46. The first-order valence-electron chi connectivity index (χ1n) is 11.9. The van der Waals surface area contributed by atoms with Gasteiger partial charge in [-0.1, -0.05) is 30.3 Å². The number of imidazole rings is 1. The van der Waals surface area contributed by atoms with Crippen molar-refractivity contribution in [2.75, 3.05) is 19.0 Å². The minimum atomic E-state index is -0.706. The first-order chi connectivity index (χ1) is 16.8. The zero-order chi connectivity index (χ0) is 24.8. The Bertz CT molecular complexity index is 1220. The topological polar surface area (TPSA) is 102 Å². The number of β-amino-alcohol motifs (C(OH)–C–C–N with tert-alkyl or cyclic N) is 1. The number of nitrogens with zero attached hydrogens (tertiary/aromatic N) is 1. The molecule has 0 aliphatic rings. The van der Waals surface area contributed by atoms with Gasteiger partial charge in [-0.3, -0.25) is 0 Å². The SMILES string of the molecule is COc1ccc(CNc2cc(C(O)CNC(C)(C)CCc3nc4ccccc4[nH]3)ccc2O)cc1. The van der Waals surface area contributed by atoms with Gasteiger partial charge in [0, 0.05) is 25.0 Å². The van der Waals surface area contributed by atoms with Crippen molar-refractivity contribution in [1.82, 2.24) is 15.3 Å². The number of hydrogen-bond acceptors (Lipinski definition) is 6. The average Bonchev–Trinajstić information content (AvgIpc) is 3.29. The van der Waals surface area contributed by atoms with E-state index >= 15 is 0 Å². The Morgan fingerprint density at radius 2 is 1.83 bits per heavy atom. The normalized spacial score (nSPS) is 12.6. The molecule has 4 rings (SSSR count). The number of fused-ring (bicyclic) bond motifs is 1. The highest BCUT2D eigenvalue weighted by atomic mass is 16.5. The van der Waals surface area contributed by atoms with Crippen LogP contribution in [0.4, 0.5) is 5.69 Å². The Morgan fingerprint density at radius 1 is 1.06 bits per heavy atom.